The van der Waals surface area contributed by atoms with Crippen LogP contribution in [0.5, 0.6) is 23.0 Å². The van der Waals surface area contributed by atoms with E-state index in [0.717, 1.165) is 50.4 Å². The molecule has 0 unspecified atom stereocenters. The molecule has 3 aromatic rings. The number of aryl methyl sites for hydroxylation is 2. The Labute approximate surface area is 176 Å². The molecule has 0 fully saturated rings. The minimum Gasteiger partial charge on any atom is -0.496 e. The molecule has 0 bridgehead atoms. The number of ether oxygens (including phenoxy) is 4. The van der Waals surface area contributed by atoms with Gasteiger partial charge in [0, 0.05) is 23.3 Å². The van der Waals surface area contributed by atoms with Crippen LogP contribution in [0.4, 0.5) is 0 Å². The highest BCUT2D eigenvalue weighted by atomic mass is 16.7. The molecular weight excluding hydrogens is 380 g/mol. The van der Waals surface area contributed by atoms with Crippen molar-refractivity contribution in [3.63, 3.8) is 0 Å². The largest absolute Gasteiger partial charge is 0.496 e. The van der Waals surface area contributed by atoms with Crippen LogP contribution >= 0.6 is 0 Å². The van der Waals surface area contributed by atoms with Gasteiger partial charge >= 0.3 is 0 Å². The Balaban J connectivity index is 1.99. The quantitative estimate of drug-likeness (QED) is 0.643. The molecule has 1 radical (unpaired) electrons. The van der Waals surface area contributed by atoms with E-state index in [1.807, 2.05) is 38.1 Å². The van der Waals surface area contributed by atoms with Gasteiger partial charge in [-0.15, -0.1) is 0 Å². The van der Waals surface area contributed by atoms with Gasteiger partial charge in [0.2, 0.25) is 6.79 Å². The summed E-state index contributed by atoms with van der Waals surface area (Å²) in [6, 6.07) is 15.6. The van der Waals surface area contributed by atoms with Crippen molar-refractivity contribution in [2.24, 2.45) is 0 Å². The lowest BCUT2D eigenvalue weighted by molar-refractivity contribution is 0.173. The molecule has 0 atom stereocenters. The van der Waals surface area contributed by atoms with Crippen molar-refractivity contribution >= 4 is 0 Å². The Morgan fingerprint density at radius 2 is 1.50 bits per heavy atom. The normalized spacial score (nSPS) is 12.2. The van der Waals surface area contributed by atoms with E-state index in [2.05, 4.69) is 18.2 Å². The zero-order valence-electron chi connectivity index (χ0n) is 17.7. The topological polar surface area (TPSA) is 57.2 Å². The Hall–Kier alpha value is -3.18. The van der Waals surface area contributed by atoms with Crippen LogP contribution < -0.4 is 18.9 Å². The van der Waals surface area contributed by atoms with Gasteiger partial charge in [0.25, 0.3) is 0 Å². The van der Waals surface area contributed by atoms with Crippen LogP contribution in [0.3, 0.4) is 0 Å². The van der Waals surface area contributed by atoms with Crippen LogP contribution in [-0.2, 0) is 6.42 Å². The summed E-state index contributed by atoms with van der Waals surface area (Å²) in [7, 11) is 3.33. The molecule has 0 aromatic heterocycles. The summed E-state index contributed by atoms with van der Waals surface area (Å²) in [6.07, 6.45) is 0.440. The summed E-state index contributed by atoms with van der Waals surface area (Å²) >= 11 is 0. The number of hydrogen-bond acceptors (Lipinski definition) is 5. The van der Waals surface area contributed by atoms with Crippen molar-refractivity contribution in [1.29, 1.82) is 0 Å². The van der Waals surface area contributed by atoms with Crippen LogP contribution in [0, 0.1) is 19.9 Å². The number of aliphatic hydroxyl groups is 1. The second-order valence-electron chi connectivity index (χ2n) is 7.26. The monoisotopic (exact) mass is 405 g/mol. The molecular formula is C25H25O5. The van der Waals surface area contributed by atoms with E-state index < -0.39 is 0 Å². The van der Waals surface area contributed by atoms with Crippen LogP contribution in [-0.4, -0.2) is 32.7 Å². The maximum absolute atomic E-state index is 9.56. The minimum atomic E-state index is 0.00830. The standard InChI is InChI=1S/C25H25O5/c1-15-11-17(5-7-21(15)27-3)20-13-19(9-10-26)24-25(30-14-29-24)23(20)18-6-8-22(28-4)16(2)12-18/h5-8,11-12,26H,9-10,14H2,1-4H3. The fraction of sp³-hybridized carbons (Fsp3) is 0.280. The van der Waals surface area contributed by atoms with Crippen molar-refractivity contribution < 1.29 is 24.1 Å². The molecule has 1 aliphatic rings. The van der Waals surface area contributed by atoms with Gasteiger partial charge in [0.1, 0.15) is 11.5 Å². The molecule has 4 rings (SSSR count). The van der Waals surface area contributed by atoms with Crippen molar-refractivity contribution in [2.45, 2.75) is 20.3 Å². The maximum atomic E-state index is 9.56. The molecule has 30 heavy (non-hydrogen) atoms. The van der Waals surface area contributed by atoms with E-state index >= 15 is 0 Å². The first kappa shape index (κ1) is 20.1. The molecule has 155 valence electrons. The van der Waals surface area contributed by atoms with E-state index in [0.29, 0.717) is 17.9 Å². The van der Waals surface area contributed by atoms with E-state index in [4.69, 9.17) is 18.9 Å². The lowest BCUT2D eigenvalue weighted by Gasteiger charge is -2.17. The van der Waals surface area contributed by atoms with Gasteiger partial charge < -0.3 is 24.1 Å². The summed E-state index contributed by atoms with van der Waals surface area (Å²) in [6.45, 7) is 4.19. The van der Waals surface area contributed by atoms with Gasteiger partial charge in [-0.25, -0.2) is 0 Å². The molecule has 1 aliphatic heterocycles. The van der Waals surface area contributed by atoms with Crippen molar-refractivity contribution in [3.8, 4) is 45.3 Å². The molecule has 5 nitrogen and oxygen atoms in total. The number of benzene rings is 3. The first-order chi connectivity index (χ1) is 14.6. The van der Waals surface area contributed by atoms with E-state index in [1.165, 1.54) is 0 Å². The van der Waals surface area contributed by atoms with Crippen molar-refractivity contribution in [3.05, 3.63) is 59.2 Å². The van der Waals surface area contributed by atoms with Crippen LogP contribution in [0.15, 0.2) is 36.4 Å². The van der Waals surface area contributed by atoms with Gasteiger partial charge in [0.15, 0.2) is 11.5 Å². The van der Waals surface area contributed by atoms with Crippen molar-refractivity contribution in [2.75, 3.05) is 27.6 Å². The smallest absolute Gasteiger partial charge is 0.231 e. The molecule has 0 spiro atoms. The van der Waals surface area contributed by atoms with Crippen molar-refractivity contribution in [1.82, 2.24) is 0 Å². The van der Waals surface area contributed by atoms with Gasteiger partial charge in [-0.2, -0.15) is 0 Å². The zero-order valence-corrected chi connectivity index (χ0v) is 17.7. The molecule has 0 aliphatic carbocycles. The Kier molecular flexibility index (Phi) is 5.55. The van der Waals surface area contributed by atoms with Gasteiger partial charge in [-0.3, -0.25) is 0 Å². The third-order valence-corrected chi connectivity index (χ3v) is 5.37. The SMILES string of the molecule is COc1ccc(-c2[c]c(CCO)c3c(c2-c2ccc(OC)c(C)c2)OCO3)cc1C. The van der Waals surface area contributed by atoms with Crippen LogP contribution in [0.2, 0.25) is 0 Å². The molecule has 1 N–H and O–H groups in total. The second-order valence-corrected chi connectivity index (χ2v) is 7.26. The summed E-state index contributed by atoms with van der Waals surface area (Å²) in [5.74, 6) is 3.00. The van der Waals surface area contributed by atoms with Crippen LogP contribution in [0.1, 0.15) is 16.7 Å². The number of methoxy groups -OCH3 is 2. The minimum absolute atomic E-state index is 0.00830. The first-order valence-electron chi connectivity index (χ1n) is 9.86. The lowest BCUT2D eigenvalue weighted by Crippen LogP contribution is -1.98. The molecule has 0 saturated carbocycles. The maximum Gasteiger partial charge on any atom is 0.231 e. The zero-order chi connectivity index (χ0) is 21.3. The van der Waals surface area contributed by atoms with E-state index in [-0.39, 0.29) is 13.4 Å². The molecule has 1 heterocycles. The fourth-order valence-electron chi connectivity index (χ4n) is 3.92. The average Bonchev–Trinajstić information content (AvgIpc) is 3.23. The van der Waals surface area contributed by atoms with Crippen LogP contribution in [0.25, 0.3) is 22.3 Å². The molecule has 0 amide bonds. The number of hydrogen-bond donors (Lipinski definition) is 1. The number of fused-ring (bicyclic) bond motifs is 1. The predicted molar refractivity (Wildman–Crippen MR) is 116 cm³/mol. The summed E-state index contributed by atoms with van der Waals surface area (Å²) < 4.78 is 22.5. The highest BCUT2D eigenvalue weighted by molar-refractivity contribution is 5.91. The number of aliphatic hydroxyl groups excluding tert-OH is 1. The summed E-state index contributed by atoms with van der Waals surface area (Å²) in [5.41, 5.74) is 6.67. The third kappa shape index (κ3) is 3.46. The van der Waals surface area contributed by atoms with Gasteiger partial charge in [-0.1, -0.05) is 12.1 Å². The molecule has 0 saturated heterocycles. The second kappa shape index (κ2) is 8.28. The van der Waals surface area contributed by atoms with Gasteiger partial charge in [0.05, 0.1) is 14.2 Å². The Bertz CT molecular complexity index is 1090. The summed E-state index contributed by atoms with van der Waals surface area (Å²) in [5, 5.41) is 9.56. The fourth-order valence-corrected chi connectivity index (χ4v) is 3.92. The number of rotatable bonds is 6. The van der Waals surface area contributed by atoms with E-state index in [1.54, 1.807) is 14.2 Å². The molecule has 5 heteroatoms. The Morgan fingerprint density at radius 1 is 0.900 bits per heavy atom. The summed E-state index contributed by atoms with van der Waals surface area (Å²) in [4.78, 5) is 0. The Morgan fingerprint density at radius 3 is 2.10 bits per heavy atom. The highest BCUT2D eigenvalue weighted by Gasteiger charge is 2.27. The van der Waals surface area contributed by atoms with E-state index in [9.17, 15) is 5.11 Å². The highest BCUT2D eigenvalue weighted by Crippen LogP contribution is 2.50. The molecule has 3 aromatic carbocycles. The first-order valence-corrected chi connectivity index (χ1v) is 9.86. The predicted octanol–water partition coefficient (Wildman–Crippen LogP) is 4.72. The average molecular weight is 405 g/mol. The third-order valence-electron chi connectivity index (χ3n) is 5.37. The lowest BCUT2D eigenvalue weighted by atomic mass is 9.89. The van der Waals surface area contributed by atoms with Gasteiger partial charge in [-0.05, 0) is 72.9 Å².